The maximum Gasteiger partial charge on any atom is 0.296 e. The van der Waals surface area contributed by atoms with Crippen LogP contribution >= 0.6 is 34.7 Å². The number of Topliss-reactive ketones (excluding diaryl/α,β-unsaturated/α-hetero) is 1. The summed E-state index contributed by atoms with van der Waals surface area (Å²) >= 11 is 8.63. The average Bonchev–Trinajstić information content (AvgIpc) is 3.76. The quantitative estimate of drug-likeness (QED) is 0.0700. The highest BCUT2D eigenvalue weighted by Crippen LogP contribution is 2.45. The van der Waals surface area contributed by atoms with Crippen molar-refractivity contribution in [2.24, 2.45) is 0 Å². The number of nitrogens with zero attached hydrogens (tertiary/aromatic N) is 3. The minimum atomic E-state index is -1.01. The summed E-state index contributed by atoms with van der Waals surface area (Å²) in [6.07, 6.45) is 4.38. The van der Waals surface area contributed by atoms with Crippen molar-refractivity contribution in [3.05, 3.63) is 94.1 Å². The molecule has 1 aliphatic heterocycles. The van der Waals surface area contributed by atoms with E-state index in [0.29, 0.717) is 38.8 Å². The van der Waals surface area contributed by atoms with E-state index < -0.39 is 23.5 Å². The summed E-state index contributed by atoms with van der Waals surface area (Å²) in [6, 6.07) is 14.7. The maximum absolute atomic E-state index is 13.5. The Morgan fingerprint density at radius 3 is 2.67 bits per heavy atom. The Bertz CT molecular complexity index is 1590. The number of aliphatic hydroxyl groups is 1. The molecule has 4 aromatic rings. The van der Waals surface area contributed by atoms with Gasteiger partial charge in [0.05, 0.1) is 31.6 Å². The number of amides is 1. The van der Waals surface area contributed by atoms with Crippen LogP contribution in [0.1, 0.15) is 53.9 Å². The largest absolute Gasteiger partial charge is 0.503 e. The molecule has 1 N–H and O–H groups in total. The van der Waals surface area contributed by atoms with Gasteiger partial charge in [0, 0.05) is 10.8 Å². The van der Waals surface area contributed by atoms with Crippen LogP contribution in [0.2, 0.25) is 5.02 Å². The number of carbonyl (C=O) groups is 2. The topological polar surface area (TPSA) is 115 Å². The standard InChI is InChI=1S/C30H28ClN3O6S2/c1-3-4-5-14-39-21-13-10-19(16-23(21)38-2)25-24(26(35)22-7-6-15-40-22)27(36)28(37)34(25)29-32-33-30(42-29)41-17-18-8-11-20(31)12-9-18/h6-13,15-16,25,36H,3-5,14,17H2,1-2H3. The molecule has 0 aliphatic carbocycles. The van der Waals surface area contributed by atoms with E-state index in [4.69, 9.17) is 25.5 Å². The normalized spacial score (nSPS) is 15.0. The second-order valence-corrected chi connectivity index (χ2v) is 12.0. The number of methoxy groups -OCH3 is 1. The van der Waals surface area contributed by atoms with Crippen molar-refractivity contribution in [1.82, 2.24) is 10.2 Å². The van der Waals surface area contributed by atoms with E-state index in [2.05, 4.69) is 17.1 Å². The smallest absolute Gasteiger partial charge is 0.296 e. The lowest BCUT2D eigenvalue weighted by Gasteiger charge is -2.24. The van der Waals surface area contributed by atoms with Gasteiger partial charge in [0.2, 0.25) is 10.9 Å². The first-order valence-electron chi connectivity index (χ1n) is 13.3. The number of carbonyl (C=O) groups excluding carboxylic acids is 2. The fraction of sp³-hybridized carbons (Fsp3) is 0.267. The molecule has 9 nitrogen and oxygen atoms in total. The highest BCUT2D eigenvalue weighted by molar-refractivity contribution is 8.00. The van der Waals surface area contributed by atoms with Crippen LogP contribution in [0.15, 0.2) is 80.9 Å². The molecule has 2 aromatic carbocycles. The van der Waals surface area contributed by atoms with E-state index >= 15 is 0 Å². The van der Waals surface area contributed by atoms with Crippen molar-refractivity contribution in [1.29, 1.82) is 0 Å². The molecule has 0 bridgehead atoms. The molecule has 1 unspecified atom stereocenters. The number of hydrogen-bond acceptors (Lipinski definition) is 10. The van der Waals surface area contributed by atoms with Crippen LogP contribution in [0.25, 0.3) is 0 Å². The Labute approximate surface area is 256 Å². The molecule has 0 fully saturated rings. The molecule has 0 spiro atoms. The van der Waals surface area contributed by atoms with E-state index in [0.717, 1.165) is 24.8 Å². The molecule has 1 aliphatic rings. The van der Waals surface area contributed by atoms with Gasteiger partial charge in [-0.25, -0.2) is 0 Å². The van der Waals surface area contributed by atoms with Gasteiger partial charge in [-0.3, -0.25) is 14.5 Å². The zero-order chi connectivity index (χ0) is 29.6. The number of ether oxygens (including phenoxy) is 2. The molecule has 5 rings (SSSR count). The Hall–Kier alpha value is -3.80. The Morgan fingerprint density at radius 2 is 1.95 bits per heavy atom. The number of aromatic nitrogens is 2. The fourth-order valence-corrected chi connectivity index (χ4v) is 6.43. The second kappa shape index (κ2) is 13.5. The molecule has 218 valence electrons. The van der Waals surface area contributed by atoms with Gasteiger partial charge in [0.15, 0.2) is 27.4 Å². The molecule has 2 aromatic heterocycles. The monoisotopic (exact) mass is 625 g/mol. The summed E-state index contributed by atoms with van der Waals surface area (Å²) in [5, 5.41) is 20.4. The third-order valence-corrected chi connectivity index (χ3v) is 8.96. The summed E-state index contributed by atoms with van der Waals surface area (Å²) in [7, 11) is 1.52. The molecule has 0 radical (unpaired) electrons. The number of unbranched alkanes of at least 4 members (excludes halogenated alkanes) is 2. The third-order valence-electron chi connectivity index (χ3n) is 6.58. The minimum absolute atomic E-state index is 0.00415. The number of aliphatic hydroxyl groups excluding tert-OH is 1. The molecule has 1 amide bonds. The lowest BCUT2D eigenvalue weighted by Crippen LogP contribution is -2.31. The van der Waals surface area contributed by atoms with Gasteiger partial charge in [-0.05, 0) is 53.9 Å². The number of halogens is 1. The number of benzene rings is 2. The first-order valence-corrected chi connectivity index (χ1v) is 15.5. The van der Waals surface area contributed by atoms with Crippen molar-refractivity contribution < 1.29 is 28.6 Å². The minimum Gasteiger partial charge on any atom is -0.503 e. The lowest BCUT2D eigenvalue weighted by atomic mass is 9.95. The molecule has 12 heteroatoms. The zero-order valence-corrected chi connectivity index (χ0v) is 25.3. The van der Waals surface area contributed by atoms with E-state index in [1.165, 1.54) is 47.4 Å². The third kappa shape index (κ3) is 6.33. The Kier molecular flexibility index (Phi) is 9.51. The van der Waals surface area contributed by atoms with Crippen LogP contribution in [-0.4, -0.2) is 40.7 Å². The highest BCUT2D eigenvalue weighted by Gasteiger charge is 2.47. The summed E-state index contributed by atoms with van der Waals surface area (Å²) < 4.78 is 17.5. The van der Waals surface area contributed by atoms with Crippen molar-refractivity contribution in [2.45, 2.75) is 42.3 Å². The van der Waals surface area contributed by atoms with E-state index in [-0.39, 0.29) is 16.5 Å². The number of anilines is 1. The predicted molar refractivity (Wildman–Crippen MR) is 162 cm³/mol. The number of hydrogen-bond donors (Lipinski definition) is 1. The Morgan fingerprint density at radius 1 is 1.14 bits per heavy atom. The van der Waals surface area contributed by atoms with Gasteiger partial charge in [0.1, 0.15) is 0 Å². The number of furan rings is 1. The van der Waals surface area contributed by atoms with Gasteiger partial charge < -0.3 is 19.0 Å². The summed E-state index contributed by atoms with van der Waals surface area (Å²) in [5.41, 5.74) is 1.44. The van der Waals surface area contributed by atoms with E-state index in [9.17, 15) is 14.7 Å². The fourth-order valence-electron chi connectivity index (χ4n) is 4.48. The zero-order valence-electron chi connectivity index (χ0n) is 22.9. The van der Waals surface area contributed by atoms with Gasteiger partial charge in [-0.15, -0.1) is 10.2 Å². The summed E-state index contributed by atoms with van der Waals surface area (Å²) in [6.45, 7) is 2.65. The van der Waals surface area contributed by atoms with Crippen LogP contribution in [-0.2, 0) is 10.5 Å². The first kappa shape index (κ1) is 29.7. The van der Waals surface area contributed by atoms with Crippen molar-refractivity contribution >= 4 is 51.5 Å². The van der Waals surface area contributed by atoms with Gasteiger partial charge in [0.25, 0.3) is 5.91 Å². The predicted octanol–water partition coefficient (Wildman–Crippen LogP) is 7.44. The maximum atomic E-state index is 13.5. The average molecular weight is 626 g/mol. The number of thioether (sulfide) groups is 1. The van der Waals surface area contributed by atoms with Crippen molar-refractivity contribution in [3.8, 4) is 11.5 Å². The Balaban J connectivity index is 1.48. The van der Waals surface area contributed by atoms with Crippen LogP contribution in [0.5, 0.6) is 11.5 Å². The molecule has 0 saturated heterocycles. The first-order chi connectivity index (χ1) is 20.4. The van der Waals surface area contributed by atoms with Crippen molar-refractivity contribution in [3.63, 3.8) is 0 Å². The second-order valence-electron chi connectivity index (χ2n) is 9.38. The van der Waals surface area contributed by atoms with Crippen molar-refractivity contribution in [2.75, 3.05) is 18.6 Å². The molecule has 1 atom stereocenters. The van der Waals surface area contributed by atoms with E-state index in [1.807, 2.05) is 24.3 Å². The molecule has 0 saturated carbocycles. The molecule has 3 heterocycles. The lowest BCUT2D eigenvalue weighted by molar-refractivity contribution is -0.117. The highest BCUT2D eigenvalue weighted by atomic mass is 35.5. The molecular formula is C30H28ClN3O6S2. The van der Waals surface area contributed by atoms with Gasteiger partial charge in [-0.1, -0.05) is 72.7 Å². The van der Waals surface area contributed by atoms with Crippen LogP contribution < -0.4 is 14.4 Å². The van der Waals surface area contributed by atoms with Gasteiger partial charge >= 0.3 is 0 Å². The molecule has 42 heavy (non-hydrogen) atoms. The summed E-state index contributed by atoms with van der Waals surface area (Å²) in [5.74, 6) is -0.466. The van der Waals surface area contributed by atoms with Gasteiger partial charge in [-0.2, -0.15) is 0 Å². The SMILES string of the molecule is CCCCCOc1ccc(C2C(C(=O)c3ccco3)=C(O)C(=O)N2c2nnc(SCc3ccc(Cl)cc3)s2)cc1OC. The van der Waals surface area contributed by atoms with Crippen LogP contribution in [0, 0.1) is 0 Å². The van der Waals surface area contributed by atoms with Crippen LogP contribution in [0.3, 0.4) is 0 Å². The number of ketones is 1. The summed E-state index contributed by atoms with van der Waals surface area (Å²) in [4.78, 5) is 28.3. The van der Waals surface area contributed by atoms with Crippen LogP contribution in [0.4, 0.5) is 5.13 Å². The van der Waals surface area contributed by atoms with E-state index in [1.54, 1.807) is 24.3 Å². The molecular weight excluding hydrogens is 598 g/mol. The number of rotatable bonds is 13.